The summed E-state index contributed by atoms with van der Waals surface area (Å²) in [6.07, 6.45) is 24.8. The number of hydrogen-bond acceptors (Lipinski definition) is 0. The van der Waals surface area contributed by atoms with Crippen molar-refractivity contribution in [1.82, 2.24) is 0 Å². The monoisotopic (exact) mass is 342 g/mol. The van der Waals surface area contributed by atoms with Gasteiger partial charge in [0, 0.05) is 0 Å². The van der Waals surface area contributed by atoms with Gasteiger partial charge in [0.2, 0.25) is 0 Å². The van der Waals surface area contributed by atoms with Crippen LogP contribution in [-0.2, 0) is 0 Å². The highest BCUT2D eigenvalue weighted by molar-refractivity contribution is 5.06. The number of hydrogen-bond donors (Lipinski definition) is 0. The normalized spacial score (nSPS) is 41.1. The van der Waals surface area contributed by atoms with E-state index in [1.54, 1.807) is 25.7 Å². The highest BCUT2D eigenvalue weighted by Crippen LogP contribution is 2.65. The van der Waals surface area contributed by atoms with Gasteiger partial charge in [0.05, 0.1) is 0 Å². The summed E-state index contributed by atoms with van der Waals surface area (Å²) in [7, 11) is 0. The highest BCUT2D eigenvalue weighted by atomic mass is 14.6. The van der Waals surface area contributed by atoms with Gasteiger partial charge in [-0.15, -0.1) is 6.58 Å². The zero-order chi connectivity index (χ0) is 17.3. The molecule has 2 unspecified atom stereocenters. The van der Waals surface area contributed by atoms with E-state index < -0.39 is 0 Å². The molecule has 142 valence electrons. The lowest BCUT2D eigenvalue weighted by Crippen LogP contribution is -2.41. The Balaban J connectivity index is 1.64. The number of unbranched alkanes of at least 4 members (excludes halogenated alkanes) is 1. The molecular weight excluding hydrogens is 300 g/mol. The highest BCUT2D eigenvalue weighted by Gasteiger charge is 2.58. The Morgan fingerprint density at radius 1 is 0.760 bits per heavy atom. The second-order valence-electron chi connectivity index (χ2n) is 10.4. The van der Waals surface area contributed by atoms with Crippen LogP contribution in [0.25, 0.3) is 0 Å². The van der Waals surface area contributed by atoms with Gasteiger partial charge < -0.3 is 0 Å². The molecule has 0 heterocycles. The molecule has 0 nitrogen and oxygen atoms in total. The minimum atomic E-state index is 0.635. The van der Waals surface area contributed by atoms with Crippen molar-refractivity contribution in [2.24, 2.45) is 40.9 Å². The first-order valence-corrected chi connectivity index (χ1v) is 11.9. The molecule has 0 spiro atoms. The van der Waals surface area contributed by atoms with Crippen LogP contribution in [-0.4, -0.2) is 0 Å². The fourth-order valence-corrected chi connectivity index (χ4v) is 8.48. The van der Waals surface area contributed by atoms with Crippen molar-refractivity contribution in [1.29, 1.82) is 0 Å². The third kappa shape index (κ3) is 3.25. The Morgan fingerprint density at radius 2 is 1.24 bits per heavy atom. The average molecular weight is 343 g/mol. The molecule has 0 aromatic heterocycles. The summed E-state index contributed by atoms with van der Waals surface area (Å²) in [5, 5.41) is 0. The van der Waals surface area contributed by atoms with Crippen molar-refractivity contribution < 1.29 is 0 Å². The van der Waals surface area contributed by atoms with Gasteiger partial charge in [-0.2, -0.15) is 0 Å². The van der Waals surface area contributed by atoms with Gasteiger partial charge in [-0.25, -0.2) is 0 Å². The number of allylic oxidation sites excluding steroid dienone is 1. The summed E-state index contributed by atoms with van der Waals surface area (Å²) < 4.78 is 0. The van der Waals surface area contributed by atoms with Crippen LogP contribution in [0.5, 0.6) is 0 Å². The minimum Gasteiger partial charge on any atom is -0.103 e. The van der Waals surface area contributed by atoms with E-state index in [2.05, 4.69) is 19.6 Å². The Bertz CT molecular complexity index is 423. The quantitative estimate of drug-likeness (QED) is 0.341. The van der Waals surface area contributed by atoms with E-state index in [1.807, 2.05) is 0 Å². The average Bonchev–Trinajstić information content (AvgIpc) is 3.29. The molecule has 0 aromatic carbocycles. The van der Waals surface area contributed by atoms with Crippen LogP contribution in [0.4, 0.5) is 0 Å². The summed E-state index contributed by atoms with van der Waals surface area (Å²) in [5.41, 5.74) is 0.635. The van der Waals surface area contributed by atoms with E-state index in [4.69, 9.17) is 0 Å². The van der Waals surface area contributed by atoms with E-state index in [0.29, 0.717) is 5.41 Å². The van der Waals surface area contributed by atoms with E-state index in [1.165, 1.54) is 70.6 Å². The molecule has 4 saturated carbocycles. The molecule has 0 aromatic rings. The van der Waals surface area contributed by atoms with Gasteiger partial charge in [0.1, 0.15) is 0 Å². The summed E-state index contributed by atoms with van der Waals surface area (Å²) in [6, 6.07) is 0. The largest absolute Gasteiger partial charge is 0.103 e. The lowest BCUT2D eigenvalue weighted by atomic mass is 9.57. The standard InChI is InChI=1S/C25H42/c1-3-4-11-18-25(2,19-12-5-6-13-19)24-22-16-9-7-14-20(22)21-15-8-10-17-23(21)24/h3,19-24H,1,4-18H2,2H3/t20-,21-,22+,23?,24?,25-/m0/s1. The molecule has 0 bridgehead atoms. The zero-order valence-electron chi connectivity index (χ0n) is 16.9. The fourth-order valence-electron chi connectivity index (χ4n) is 8.48. The number of fused-ring (bicyclic) bond motifs is 3. The van der Waals surface area contributed by atoms with Crippen LogP contribution >= 0.6 is 0 Å². The first kappa shape index (κ1) is 18.1. The molecule has 0 N–H and O–H groups in total. The van der Waals surface area contributed by atoms with Crippen LogP contribution in [0.15, 0.2) is 12.7 Å². The van der Waals surface area contributed by atoms with Crippen LogP contribution in [0, 0.1) is 40.9 Å². The van der Waals surface area contributed by atoms with E-state index in [0.717, 1.165) is 35.5 Å². The maximum atomic E-state index is 4.01. The molecule has 0 amide bonds. The first-order chi connectivity index (χ1) is 12.3. The third-order valence-corrected chi connectivity index (χ3v) is 9.40. The first-order valence-electron chi connectivity index (χ1n) is 11.9. The summed E-state index contributed by atoms with van der Waals surface area (Å²) in [5.74, 6) is 6.52. The van der Waals surface area contributed by atoms with E-state index >= 15 is 0 Å². The maximum absolute atomic E-state index is 4.01. The lowest BCUT2D eigenvalue weighted by molar-refractivity contribution is 0.00583. The Morgan fingerprint density at radius 3 is 1.76 bits per heavy atom. The van der Waals surface area contributed by atoms with Crippen molar-refractivity contribution in [3.05, 3.63) is 12.7 Å². The van der Waals surface area contributed by atoms with Crippen LogP contribution in [0.1, 0.15) is 103 Å². The zero-order valence-corrected chi connectivity index (χ0v) is 16.9. The van der Waals surface area contributed by atoms with E-state index in [-0.39, 0.29) is 0 Å². The van der Waals surface area contributed by atoms with Crippen molar-refractivity contribution in [2.45, 2.75) is 103 Å². The van der Waals surface area contributed by atoms with Gasteiger partial charge in [-0.05, 0) is 98.7 Å². The smallest absolute Gasteiger partial charge is 0.0264 e. The molecular formula is C25H42. The minimum absolute atomic E-state index is 0.635. The molecule has 4 fully saturated rings. The van der Waals surface area contributed by atoms with Crippen molar-refractivity contribution >= 4 is 0 Å². The molecule has 4 aliphatic rings. The van der Waals surface area contributed by atoms with Crippen molar-refractivity contribution in [3.63, 3.8) is 0 Å². The van der Waals surface area contributed by atoms with Crippen molar-refractivity contribution in [3.8, 4) is 0 Å². The molecule has 4 rings (SSSR count). The molecule has 0 radical (unpaired) electrons. The molecule has 6 atom stereocenters. The fraction of sp³-hybridized carbons (Fsp3) is 0.920. The summed E-state index contributed by atoms with van der Waals surface area (Å²) in [6.45, 7) is 6.78. The Hall–Kier alpha value is -0.260. The maximum Gasteiger partial charge on any atom is -0.0264 e. The van der Waals surface area contributed by atoms with Crippen LogP contribution < -0.4 is 0 Å². The second kappa shape index (κ2) is 7.77. The SMILES string of the molecule is C=CCCC[C@@](C)(C1CCCC1)C1C2CCCC[C@H]2[C@@H]2CCCC[C@@H]12. The molecule has 25 heavy (non-hydrogen) atoms. The second-order valence-corrected chi connectivity index (χ2v) is 10.4. The third-order valence-electron chi connectivity index (χ3n) is 9.40. The topological polar surface area (TPSA) is 0 Å². The van der Waals surface area contributed by atoms with Crippen molar-refractivity contribution in [2.75, 3.05) is 0 Å². The predicted octanol–water partition coefficient (Wildman–Crippen LogP) is 7.78. The number of rotatable bonds is 6. The van der Waals surface area contributed by atoms with Gasteiger partial charge in [-0.1, -0.05) is 51.5 Å². The van der Waals surface area contributed by atoms with Gasteiger partial charge in [0.25, 0.3) is 0 Å². The molecule has 0 saturated heterocycles. The molecule has 4 aliphatic carbocycles. The van der Waals surface area contributed by atoms with Crippen LogP contribution in [0.2, 0.25) is 0 Å². The van der Waals surface area contributed by atoms with E-state index in [9.17, 15) is 0 Å². The molecule has 0 heteroatoms. The van der Waals surface area contributed by atoms with Crippen LogP contribution in [0.3, 0.4) is 0 Å². The summed E-state index contributed by atoms with van der Waals surface area (Å²) in [4.78, 5) is 0. The van der Waals surface area contributed by atoms with Gasteiger partial charge in [-0.3, -0.25) is 0 Å². The van der Waals surface area contributed by atoms with Gasteiger partial charge in [0.15, 0.2) is 0 Å². The van der Waals surface area contributed by atoms with Gasteiger partial charge >= 0.3 is 0 Å². The Labute approximate surface area is 157 Å². The Kier molecular flexibility index (Phi) is 5.63. The predicted molar refractivity (Wildman–Crippen MR) is 108 cm³/mol. The lowest BCUT2D eigenvalue weighted by Gasteiger charge is -2.48. The summed E-state index contributed by atoms with van der Waals surface area (Å²) >= 11 is 0. The molecule has 0 aliphatic heterocycles.